The van der Waals surface area contributed by atoms with Gasteiger partial charge in [-0.2, -0.15) is 0 Å². The van der Waals surface area contributed by atoms with Gasteiger partial charge in [-0.3, -0.25) is 13.9 Å². The van der Waals surface area contributed by atoms with E-state index in [1.807, 2.05) is 31.2 Å². The van der Waals surface area contributed by atoms with Gasteiger partial charge in [-0.1, -0.05) is 49.6 Å². The molecule has 2 aromatic rings. The van der Waals surface area contributed by atoms with Gasteiger partial charge < -0.3 is 10.2 Å². The Morgan fingerprint density at radius 1 is 1.08 bits per heavy atom. The normalized spacial score (nSPS) is 14.9. The number of nitrogens with zero attached hydrogens (tertiary/aromatic N) is 2. The average molecular weight is 522 g/mol. The fourth-order valence-corrected chi connectivity index (χ4v) is 5.39. The Balaban J connectivity index is 1.93. The summed E-state index contributed by atoms with van der Waals surface area (Å²) < 4.78 is 53.2. The van der Waals surface area contributed by atoms with Crippen molar-refractivity contribution in [2.75, 3.05) is 17.1 Å². The van der Waals surface area contributed by atoms with E-state index in [2.05, 4.69) is 5.32 Å². The Kier molecular flexibility index (Phi) is 9.05. The predicted molar refractivity (Wildman–Crippen MR) is 135 cm³/mol. The van der Waals surface area contributed by atoms with Crippen molar-refractivity contribution < 1.29 is 26.8 Å². The molecule has 2 aromatic carbocycles. The number of halogens is 2. The molecule has 0 aromatic heterocycles. The van der Waals surface area contributed by atoms with E-state index in [0.29, 0.717) is 6.42 Å². The molecule has 1 aliphatic carbocycles. The van der Waals surface area contributed by atoms with E-state index in [1.54, 1.807) is 6.92 Å². The van der Waals surface area contributed by atoms with Crippen LogP contribution in [-0.2, 0) is 26.2 Å². The number of carbonyl (C=O) groups excluding carboxylic acids is 2. The van der Waals surface area contributed by atoms with Crippen LogP contribution in [0.4, 0.5) is 14.5 Å². The van der Waals surface area contributed by atoms with Crippen molar-refractivity contribution in [2.45, 2.75) is 64.6 Å². The lowest BCUT2D eigenvalue weighted by atomic mass is 10.1. The van der Waals surface area contributed by atoms with Crippen LogP contribution >= 0.6 is 0 Å². The number of anilines is 1. The fourth-order valence-electron chi connectivity index (χ4n) is 4.55. The lowest BCUT2D eigenvalue weighted by molar-refractivity contribution is -0.140. The van der Waals surface area contributed by atoms with Crippen LogP contribution in [0.15, 0.2) is 42.5 Å². The zero-order valence-electron chi connectivity index (χ0n) is 20.8. The summed E-state index contributed by atoms with van der Waals surface area (Å²) in [5.41, 5.74) is 1.58. The molecule has 0 saturated heterocycles. The van der Waals surface area contributed by atoms with E-state index in [9.17, 15) is 26.8 Å². The molecule has 196 valence electrons. The minimum atomic E-state index is -4.03. The number of aryl methyl sites for hydroxylation is 1. The molecular weight excluding hydrogens is 488 g/mol. The molecule has 2 amide bonds. The summed E-state index contributed by atoms with van der Waals surface area (Å²) in [5, 5.41) is 3.04. The average Bonchev–Trinajstić information content (AvgIpc) is 3.31. The third-order valence-electron chi connectivity index (χ3n) is 6.39. The summed E-state index contributed by atoms with van der Waals surface area (Å²) in [5.74, 6) is -3.27. The number of hydrogen-bond donors (Lipinski definition) is 1. The quantitative estimate of drug-likeness (QED) is 0.514. The van der Waals surface area contributed by atoms with Crippen LogP contribution in [0.2, 0.25) is 0 Å². The summed E-state index contributed by atoms with van der Waals surface area (Å²) in [4.78, 5) is 28.2. The molecule has 36 heavy (non-hydrogen) atoms. The van der Waals surface area contributed by atoms with Crippen molar-refractivity contribution in [3.8, 4) is 0 Å². The summed E-state index contributed by atoms with van der Waals surface area (Å²) >= 11 is 0. The van der Waals surface area contributed by atoms with Gasteiger partial charge in [-0.25, -0.2) is 17.2 Å². The largest absolute Gasteiger partial charge is 0.352 e. The summed E-state index contributed by atoms with van der Waals surface area (Å²) in [6.45, 7) is 3.13. The molecule has 0 unspecified atom stereocenters. The van der Waals surface area contributed by atoms with Crippen molar-refractivity contribution in [3.63, 3.8) is 0 Å². The number of carbonyl (C=O) groups is 2. The Bertz CT molecular complexity index is 1200. The topological polar surface area (TPSA) is 86.8 Å². The van der Waals surface area contributed by atoms with Gasteiger partial charge in [0.15, 0.2) is 11.6 Å². The van der Waals surface area contributed by atoms with Gasteiger partial charge >= 0.3 is 0 Å². The number of amides is 2. The van der Waals surface area contributed by atoms with Crippen LogP contribution in [0.3, 0.4) is 0 Å². The van der Waals surface area contributed by atoms with E-state index in [4.69, 9.17) is 0 Å². The minimum absolute atomic E-state index is 0.0529. The molecule has 1 aliphatic rings. The second-order valence-electron chi connectivity index (χ2n) is 9.29. The van der Waals surface area contributed by atoms with Crippen LogP contribution in [0.25, 0.3) is 0 Å². The number of hydrogen-bond acceptors (Lipinski definition) is 4. The van der Waals surface area contributed by atoms with Crippen molar-refractivity contribution >= 4 is 27.5 Å². The third-order valence-corrected chi connectivity index (χ3v) is 7.53. The van der Waals surface area contributed by atoms with Crippen molar-refractivity contribution in [1.29, 1.82) is 0 Å². The predicted octanol–water partition coefficient (Wildman–Crippen LogP) is 3.91. The molecule has 0 radical (unpaired) electrons. The Labute approximate surface area is 211 Å². The molecule has 0 heterocycles. The Morgan fingerprint density at radius 3 is 2.36 bits per heavy atom. The molecule has 0 aliphatic heterocycles. The van der Waals surface area contributed by atoms with Gasteiger partial charge in [0.05, 0.1) is 11.9 Å². The first-order chi connectivity index (χ1) is 17.0. The van der Waals surface area contributed by atoms with Crippen LogP contribution in [0.1, 0.15) is 50.2 Å². The maximum absolute atomic E-state index is 13.9. The van der Waals surface area contributed by atoms with Gasteiger partial charge in [0, 0.05) is 18.7 Å². The Hall–Kier alpha value is -3.01. The van der Waals surface area contributed by atoms with Gasteiger partial charge in [0.2, 0.25) is 21.8 Å². The highest BCUT2D eigenvalue weighted by Crippen LogP contribution is 2.23. The van der Waals surface area contributed by atoms with E-state index in [-0.39, 0.29) is 24.2 Å². The first kappa shape index (κ1) is 27.6. The zero-order chi connectivity index (χ0) is 26.5. The molecule has 0 bridgehead atoms. The lowest BCUT2D eigenvalue weighted by Gasteiger charge is -2.33. The number of nitrogens with one attached hydrogen (secondary N) is 1. The molecule has 7 nitrogen and oxygen atoms in total. The minimum Gasteiger partial charge on any atom is -0.352 e. The smallest absolute Gasteiger partial charge is 0.244 e. The van der Waals surface area contributed by atoms with Crippen LogP contribution in [0, 0.1) is 18.6 Å². The Morgan fingerprint density at radius 2 is 1.78 bits per heavy atom. The fraction of sp³-hybridized carbons (Fsp3) is 0.462. The highest BCUT2D eigenvalue weighted by atomic mass is 32.2. The first-order valence-corrected chi connectivity index (χ1v) is 13.9. The molecule has 1 N–H and O–H groups in total. The van der Waals surface area contributed by atoms with Gasteiger partial charge in [0.25, 0.3) is 0 Å². The number of sulfonamides is 1. The van der Waals surface area contributed by atoms with E-state index < -0.39 is 40.2 Å². The lowest BCUT2D eigenvalue weighted by Crippen LogP contribution is -2.53. The van der Waals surface area contributed by atoms with Crippen molar-refractivity contribution in [2.24, 2.45) is 0 Å². The SMILES string of the molecule is CC[C@H](C(=O)NC1CCCC1)N(Cc1cccc(C)c1)C(=O)CN(c1ccc(F)c(F)c1)S(C)(=O)=O. The molecule has 1 fully saturated rings. The van der Waals surface area contributed by atoms with Crippen molar-refractivity contribution in [1.82, 2.24) is 10.2 Å². The van der Waals surface area contributed by atoms with Crippen LogP contribution in [0.5, 0.6) is 0 Å². The zero-order valence-corrected chi connectivity index (χ0v) is 21.7. The highest BCUT2D eigenvalue weighted by Gasteiger charge is 2.33. The summed E-state index contributed by atoms with van der Waals surface area (Å²) in [7, 11) is -4.03. The standard InChI is InChI=1S/C26H33F2N3O4S/c1-4-24(26(33)29-20-10-5-6-11-20)30(16-19-9-7-8-18(2)14-19)25(32)17-31(36(3,34)35)21-12-13-22(27)23(28)15-21/h7-9,12-15,20,24H,4-6,10-11,16-17H2,1-3H3,(H,29,33)/t24-/m1/s1. The summed E-state index contributed by atoms with van der Waals surface area (Å²) in [6.07, 6.45) is 5.03. The monoisotopic (exact) mass is 521 g/mol. The highest BCUT2D eigenvalue weighted by molar-refractivity contribution is 7.92. The molecular formula is C26H33F2N3O4S. The number of benzene rings is 2. The second kappa shape index (κ2) is 11.8. The first-order valence-electron chi connectivity index (χ1n) is 12.1. The molecule has 0 spiro atoms. The number of rotatable bonds is 10. The second-order valence-corrected chi connectivity index (χ2v) is 11.2. The maximum atomic E-state index is 13.9. The molecule has 1 saturated carbocycles. The van der Waals surface area contributed by atoms with Gasteiger partial charge in [-0.05, 0) is 43.9 Å². The van der Waals surface area contributed by atoms with Gasteiger partial charge in [0.1, 0.15) is 12.6 Å². The van der Waals surface area contributed by atoms with Gasteiger partial charge in [-0.15, -0.1) is 0 Å². The van der Waals surface area contributed by atoms with Crippen LogP contribution in [-0.4, -0.2) is 50.0 Å². The van der Waals surface area contributed by atoms with Crippen molar-refractivity contribution in [3.05, 3.63) is 65.2 Å². The summed E-state index contributed by atoms with van der Waals surface area (Å²) in [6, 6.07) is 9.35. The van der Waals surface area contributed by atoms with E-state index in [1.165, 1.54) is 4.90 Å². The van der Waals surface area contributed by atoms with E-state index in [0.717, 1.165) is 65.6 Å². The molecule has 1 atom stereocenters. The molecule has 10 heteroatoms. The maximum Gasteiger partial charge on any atom is 0.244 e. The van der Waals surface area contributed by atoms with E-state index >= 15 is 0 Å². The van der Waals surface area contributed by atoms with Crippen LogP contribution < -0.4 is 9.62 Å². The third kappa shape index (κ3) is 7.02. The molecule has 3 rings (SSSR count).